The lowest BCUT2D eigenvalue weighted by Gasteiger charge is -2.38. The van der Waals surface area contributed by atoms with Crippen LogP contribution < -0.4 is 15.4 Å². The van der Waals surface area contributed by atoms with E-state index in [0.29, 0.717) is 47.1 Å². The molecular formula is C36H41ClFN5O3S. The first-order valence-corrected chi connectivity index (χ1v) is 17.5. The highest BCUT2D eigenvalue weighted by Gasteiger charge is 2.41. The molecule has 0 aromatic heterocycles. The van der Waals surface area contributed by atoms with E-state index in [-0.39, 0.29) is 11.6 Å². The third kappa shape index (κ3) is 8.21. The molecule has 248 valence electrons. The normalized spacial score (nSPS) is 19.8. The SMILES string of the molecule is C[C@@H]1C[C@H](C(=O)Nc2cc(C(CCC3CC3)(N[S@](=O)C(C)(C)C)c3cccc(C#N)c3)ccc2F)N(C(=O)Nc2ccc(Cl)cc2)C1. The summed E-state index contributed by atoms with van der Waals surface area (Å²) in [5.74, 6) is -0.550. The molecule has 5 rings (SSSR count). The highest BCUT2D eigenvalue weighted by atomic mass is 35.5. The number of nitrogens with zero attached hydrogens (tertiary/aromatic N) is 2. The van der Waals surface area contributed by atoms with Gasteiger partial charge in [0.15, 0.2) is 0 Å². The number of nitriles is 1. The zero-order chi connectivity index (χ0) is 33.9. The van der Waals surface area contributed by atoms with Crippen molar-refractivity contribution in [2.75, 3.05) is 17.2 Å². The van der Waals surface area contributed by atoms with Crippen molar-refractivity contribution in [2.24, 2.45) is 11.8 Å². The van der Waals surface area contributed by atoms with Crippen LogP contribution in [0.5, 0.6) is 0 Å². The lowest BCUT2D eigenvalue weighted by molar-refractivity contribution is -0.119. The van der Waals surface area contributed by atoms with Crippen LogP contribution in [0.3, 0.4) is 0 Å². The zero-order valence-electron chi connectivity index (χ0n) is 27.1. The number of carbonyl (C=O) groups is 2. The Bertz CT molecular complexity index is 1700. The van der Waals surface area contributed by atoms with E-state index in [0.717, 1.165) is 24.8 Å². The van der Waals surface area contributed by atoms with Gasteiger partial charge in [-0.2, -0.15) is 5.26 Å². The van der Waals surface area contributed by atoms with E-state index in [1.165, 1.54) is 11.0 Å². The van der Waals surface area contributed by atoms with Gasteiger partial charge in [0.1, 0.15) is 11.9 Å². The summed E-state index contributed by atoms with van der Waals surface area (Å²) in [5, 5.41) is 15.9. The van der Waals surface area contributed by atoms with Gasteiger partial charge in [0.05, 0.1) is 38.6 Å². The fourth-order valence-corrected chi connectivity index (χ4v) is 7.05. The smallest absolute Gasteiger partial charge is 0.322 e. The summed E-state index contributed by atoms with van der Waals surface area (Å²) in [6, 6.07) is 19.3. The van der Waals surface area contributed by atoms with Gasteiger partial charge in [0.2, 0.25) is 5.91 Å². The molecule has 1 heterocycles. The van der Waals surface area contributed by atoms with E-state index in [2.05, 4.69) is 21.4 Å². The van der Waals surface area contributed by atoms with E-state index < -0.39 is 45.1 Å². The van der Waals surface area contributed by atoms with Gasteiger partial charge in [-0.1, -0.05) is 49.6 Å². The lowest BCUT2D eigenvalue weighted by Crippen LogP contribution is -2.49. The molecule has 4 atom stereocenters. The molecule has 0 spiro atoms. The van der Waals surface area contributed by atoms with E-state index >= 15 is 4.39 Å². The van der Waals surface area contributed by atoms with Crippen molar-refractivity contribution in [3.63, 3.8) is 0 Å². The first kappa shape index (κ1) is 34.6. The average molecular weight is 678 g/mol. The number of urea groups is 1. The Morgan fingerprint density at radius 1 is 1.04 bits per heavy atom. The molecule has 1 aliphatic carbocycles. The highest BCUT2D eigenvalue weighted by Crippen LogP contribution is 2.43. The molecule has 1 unspecified atom stereocenters. The van der Waals surface area contributed by atoms with Crippen LogP contribution in [0.25, 0.3) is 0 Å². The number of anilines is 2. The standard InChI is InChI=1S/C36H41ClFN5O3S/c1-23-18-32(43(22-23)34(45)40-29-13-11-28(37)12-14-29)33(44)41-31-20-27(10-15-30(31)38)36(17-16-24-8-9-24,42-47(46)35(2,3)4)26-7-5-6-25(19-26)21-39/h5-7,10-15,19-20,23-24,32,42H,8-9,16-18,22H2,1-4H3,(H,40,45)(H,41,44)/t23-,32-,36?,47-/m1/s1. The minimum atomic E-state index is -1.54. The van der Waals surface area contributed by atoms with Gasteiger partial charge in [-0.25, -0.2) is 18.1 Å². The van der Waals surface area contributed by atoms with E-state index in [1.54, 1.807) is 54.6 Å². The predicted octanol–water partition coefficient (Wildman–Crippen LogP) is 7.72. The van der Waals surface area contributed by atoms with E-state index in [1.807, 2.05) is 33.8 Å². The summed E-state index contributed by atoms with van der Waals surface area (Å²) in [6.07, 6.45) is 4.03. The Labute approximate surface area is 283 Å². The molecule has 3 aromatic carbocycles. The Morgan fingerprint density at radius 3 is 2.40 bits per heavy atom. The van der Waals surface area contributed by atoms with Crippen molar-refractivity contribution in [1.82, 2.24) is 9.62 Å². The summed E-state index contributed by atoms with van der Waals surface area (Å²) in [7, 11) is -1.54. The number of halogens is 2. The molecule has 1 saturated carbocycles. The molecule has 8 nitrogen and oxygen atoms in total. The Balaban J connectivity index is 1.49. The summed E-state index contributed by atoms with van der Waals surface area (Å²) in [4.78, 5) is 28.5. The number of nitrogens with one attached hydrogen (secondary N) is 3. The largest absolute Gasteiger partial charge is 0.322 e. The summed E-state index contributed by atoms with van der Waals surface area (Å²) >= 11 is 5.98. The third-order valence-corrected chi connectivity index (χ3v) is 10.7. The van der Waals surface area contributed by atoms with Gasteiger partial charge < -0.3 is 15.5 Å². The van der Waals surface area contributed by atoms with Crippen LogP contribution in [-0.4, -0.2) is 38.4 Å². The Kier molecular flexibility index (Phi) is 10.4. The number of carbonyl (C=O) groups excluding carboxylic acids is 2. The minimum Gasteiger partial charge on any atom is -0.322 e. The van der Waals surface area contributed by atoms with Crippen molar-refractivity contribution < 1.29 is 18.2 Å². The van der Waals surface area contributed by atoms with Crippen LogP contribution in [-0.2, 0) is 21.3 Å². The van der Waals surface area contributed by atoms with Crippen molar-refractivity contribution in [1.29, 1.82) is 5.26 Å². The van der Waals surface area contributed by atoms with Crippen LogP contribution in [0.4, 0.5) is 20.6 Å². The molecule has 3 amide bonds. The van der Waals surface area contributed by atoms with Gasteiger partial charge in [-0.05, 0) is 112 Å². The first-order chi connectivity index (χ1) is 22.3. The van der Waals surface area contributed by atoms with Gasteiger partial charge in [0, 0.05) is 17.3 Å². The van der Waals surface area contributed by atoms with E-state index in [4.69, 9.17) is 11.6 Å². The van der Waals surface area contributed by atoms with Crippen LogP contribution >= 0.6 is 11.6 Å². The second kappa shape index (κ2) is 14.1. The zero-order valence-corrected chi connectivity index (χ0v) is 28.7. The van der Waals surface area contributed by atoms with Crippen molar-refractivity contribution in [2.45, 2.75) is 76.1 Å². The Hall–Kier alpha value is -3.78. The van der Waals surface area contributed by atoms with Crippen LogP contribution in [0.2, 0.25) is 5.02 Å². The highest BCUT2D eigenvalue weighted by molar-refractivity contribution is 7.84. The molecule has 0 bridgehead atoms. The first-order valence-electron chi connectivity index (χ1n) is 15.9. The molecule has 3 aromatic rings. The number of amides is 3. The van der Waals surface area contributed by atoms with E-state index in [9.17, 15) is 19.1 Å². The summed E-state index contributed by atoms with van der Waals surface area (Å²) in [5.41, 5.74) is 1.24. The van der Waals surface area contributed by atoms with Crippen LogP contribution in [0.1, 0.15) is 76.5 Å². The fourth-order valence-electron chi connectivity index (χ4n) is 5.97. The molecule has 2 aliphatic rings. The quantitative estimate of drug-likeness (QED) is 0.204. The van der Waals surface area contributed by atoms with Gasteiger partial charge in [0.25, 0.3) is 0 Å². The third-order valence-electron chi connectivity index (χ3n) is 8.82. The minimum absolute atomic E-state index is 0.0410. The maximum atomic E-state index is 15.5. The summed E-state index contributed by atoms with van der Waals surface area (Å²) in [6.45, 7) is 7.95. The maximum absolute atomic E-state index is 15.5. The van der Waals surface area contributed by atoms with Crippen molar-refractivity contribution >= 4 is 45.9 Å². The van der Waals surface area contributed by atoms with Gasteiger partial charge in [-0.3, -0.25) is 4.79 Å². The maximum Gasteiger partial charge on any atom is 0.322 e. The number of hydrogen-bond acceptors (Lipinski definition) is 4. The monoisotopic (exact) mass is 677 g/mol. The predicted molar refractivity (Wildman–Crippen MR) is 185 cm³/mol. The molecule has 47 heavy (non-hydrogen) atoms. The molecule has 11 heteroatoms. The van der Waals surface area contributed by atoms with Gasteiger partial charge in [-0.15, -0.1) is 0 Å². The molecule has 1 saturated heterocycles. The fraction of sp³-hybridized carbons (Fsp3) is 0.417. The van der Waals surface area contributed by atoms with Crippen molar-refractivity contribution in [3.05, 3.63) is 94.3 Å². The number of benzene rings is 3. The lowest BCUT2D eigenvalue weighted by atomic mass is 9.79. The summed E-state index contributed by atoms with van der Waals surface area (Å²) < 4.78 is 32.1. The molecule has 1 aliphatic heterocycles. The van der Waals surface area contributed by atoms with Crippen molar-refractivity contribution in [3.8, 4) is 6.07 Å². The number of hydrogen-bond donors (Lipinski definition) is 3. The average Bonchev–Trinajstić information content (AvgIpc) is 3.79. The van der Waals surface area contributed by atoms with Crippen LogP contribution in [0.15, 0.2) is 66.7 Å². The second-order valence-corrected chi connectivity index (χ2v) is 16.1. The second-order valence-electron chi connectivity index (χ2n) is 13.7. The van der Waals surface area contributed by atoms with Crippen LogP contribution in [0, 0.1) is 29.0 Å². The molecule has 0 radical (unpaired) electrons. The van der Waals surface area contributed by atoms with Gasteiger partial charge >= 0.3 is 6.03 Å². The molecule has 2 fully saturated rings. The molecular weight excluding hydrogens is 637 g/mol. The topological polar surface area (TPSA) is 114 Å². The Morgan fingerprint density at radius 2 is 1.74 bits per heavy atom. The number of rotatable bonds is 10. The number of likely N-dealkylation sites (tertiary alicyclic amines) is 1. The molecule has 3 N–H and O–H groups in total.